The van der Waals surface area contributed by atoms with Gasteiger partial charge < -0.3 is 15.3 Å². The lowest BCUT2D eigenvalue weighted by atomic mass is 9.90. The number of primary amides is 1. The maximum Gasteiger partial charge on any atom is 0.256 e. The number of amides is 1. The predicted octanol–water partition coefficient (Wildman–Crippen LogP) is 3.68. The molecule has 3 N–H and O–H groups in total. The van der Waals surface area contributed by atoms with Gasteiger partial charge in [0, 0.05) is 22.6 Å². The molecule has 0 saturated carbocycles. The van der Waals surface area contributed by atoms with Crippen LogP contribution in [0.1, 0.15) is 15.9 Å². The molecule has 2 aromatic carbocycles. The number of nitrogens with two attached hydrogens (primary N) is 1. The molecular formula is C21H15NO4. The highest BCUT2D eigenvalue weighted by atomic mass is 16.3. The zero-order chi connectivity index (χ0) is 18.4. The summed E-state index contributed by atoms with van der Waals surface area (Å²) in [6.07, 6.45) is 0. The molecule has 0 saturated heterocycles. The highest BCUT2D eigenvalue weighted by Crippen LogP contribution is 2.43. The fourth-order valence-corrected chi connectivity index (χ4v) is 3.31. The first-order valence-electron chi connectivity index (χ1n) is 8.05. The van der Waals surface area contributed by atoms with Gasteiger partial charge in [-0.2, -0.15) is 0 Å². The maximum atomic E-state index is 11.9. The smallest absolute Gasteiger partial charge is 0.256 e. The van der Waals surface area contributed by atoms with Crippen molar-refractivity contribution in [1.29, 1.82) is 0 Å². The van der Waals surface area contributed by atoms with Gasteiger partial charge in [-0.3, -0.25) is 9.59 Å². The second kappa shape index (κ2) is 5.74. The largest absolute Gasteiger partial charge is 0.507 e. The van der Waals surface area contributed by atoms with E-state index in [0.717, 1.165) is 22.3 Å². The van der Waals surface area contributed by atoms with E-state index in [1.807, 2.05) is 31.2 Å². The topological polar surface area (TPSA) is 93.5 Å². The number of benzene rings is 3. The molecule has 0 aromatic heterocycles. The van der Waals surface area contributed by atoms with Gasteiger partial charge in [0.2, 0.25) is 0 Å². The lowest BCUT2D eigenvalue weighted by Crippen LogP contribution is -2.12. The summed E-state index contributed by atoms with van der Waals surface area (Å²) in [5.41, 5.74) is 8.84. The molecule has 0 bridgehead atoms. The van der Waals surface area contributed by atoms with Crippen LogP contribution < -0.4 is 11.2 Å². The molecule has 128 valence electrons. The molecule has 1 heterocycles. The maximum absolute atomic E-state index is 11.9. The average Bonchev–Trinajstić information content (AvgIpc) is 2.60. The molecule has 5 heteroatoms. The fourth-order valence-electron chi connectivity index (χ4n) is 3.31. The zero-order valence-corrected chi connectivity index (χ0v) is 13.9. The van der Waals surface area contributed by atoms with Crippen molar-refractivity contribution in [2.24, 2.45) is 5.73 Å². The van der Waals surface area contributed by atoms with E-state index in [9.17, 15) is 14.7 Å². The Hall–Kier alpha value is -3.60. The van der Waals surface area contributed by atoms with Crippen LogP contribution in [0.3, 0.4) is 0 Å². The Morgan fingerprint density at radius 1 is 1.04 bits per heavy atom. The molecule has 0 radical (unpaired) electrons. The fraction of sp³-hybridized carbons (Fsp3) is 0.0476. The van der Waals surface area contributed by atoms with Gasteiger partial charge in [-0.25, -0.2) is 0 Å². The van der Waals surface area contributed by atoms with E-state index >= 15 is 0 Å². The first kappa shape index (κ1) is 15.9. The van der Waals surface area contributed by atoms with Crippen molar-refractivity contribution in [3.63, 3.8) is 0 Å². The Bertz CT molecular complexity index is 1210. The molecule has 4 rings (SSSR count). The summed E-state index contributed by atoms with van der Waals surface area (Å²) in [7, 11) is 0. The number of hydrogen-bond donors (Lipinski definition) is 2. The van der Waals surface area contributed by atoms with Crippen molar-refractivity contribution in [2.75, 3.05) is 0 Å². The molecule has 26 heavy (non-hydrogen) atoms. The van der Waals surface area contributed by atoms with Crippen molar-refractivity contribution in [1.82, 2.24) is 0 Å². The molecule has 0 fully saturated rings. The molecule has 1 aliphatic carbocycles. The SMILES string of the molecule is Cc1ccccc1-c1c2ccc(=O)cc-2oc2c(C(N)=O)c(O)ccc12. The van der Waals surface area contributed by atoms with Crippen LogP contribution >= 0.6 is 0 Å². The van der Waals surface area contributed by atoms with Crippen molar-refractivity contribution in [2.45, 2.75) is 6.92 Å². The molecule has 0 atom stereocenters. The van der Waals surface area contributed by atoms with Gasteiger partial charge >= 0.3 is 0 Å². The van der Waals surface area contributed by atoms with E-state index in [2.05, 4.69) is 0 Å². The third-order valence-electron chi connectivity index (χ3n) is 4.50. The monoisotopic (exact) mass is 345 g/mol. The second-order valence-corrected chi connectivity index (χ2v) is 6.15. The molecule has 2 aliphatic rings. The summed E-state index contributed by atoms with van der Waals surface area (Å²) in [6.45, 7) is 1.98. The van der Waals surface area contributed by atoms with Gasteiger partial charge in [0.15, 0.2) is 11.0 Å². The quantitative estimate of drug-likeness (QED) is 0.542. The number of carbonyl (C=O) groups is 1. The number of hydrogen-bond acceptors (Lipinski definition) is 4. The van der Waals surface area contributed by atoms with Crippen molar-refractivity contribution < 1.29 is 14.3 Å². The Morgan fingerprint density at radius 2 is 1.81 bits per heavy atom. The molecule has 1 aliphatic heterocycles. The minimum atomic E-state index is -0.801. The average molecular weight is 345 g/mol. The first-order valence-corrected chi connectivity index (χ1v) is 8.05. The molecule has 1 amide bonds. The number of carbonyl (C=O) groups excluding carboxylic acids is 1. The Balaban J connectivity index is 2.28. The van der Waals surface area contributed by atoms with Crippen LogP contribution in [0.2, 0.25) is 0 Å². The van der Waals surface area contributed by atoms with Crippen LogP contribution in [0.5, 0.6) is 5.75 Å². The van der Waals surface area contributed by atoms with E-state index in [4.69, 9.17) is 10.2 Å². The van der Waals surface area contributed by atoms with E-state index in [-0.39, 0.29) is 22.3 Å². The summed E-state index contributed by atoms with van der Waals surface area (Å²) in [6, 6.07) is 15.5. The number of phenols is 1. The van der Waals surface area contributed by atoms with Crippen LogP contribution in [0.25, 0.3) is 33.4 Å². The lowest BCUT2D eigenvalue weighted by Gasteiger charge is -2.17. The van der Waals surface area contributed by atoms with Gasteiger partial charge in [0.05, 0.1) is 0 Å². The predicted molar refractivity (Wildman–Crippen MR) is 99.5 cm³/mol. The standard InChI is InChI=1S/C21H15NO4/c1-11-4-2-3-5-13(11)18-14-7-6-12(23)10-17(14)26-20-15(18)8-9-16(24)19(20)21(22)25/h2-10,24H,1H3,(H2,22,25). The van der Waals surface area contributed by atoms with Gasteiger partial charge in [0.25, 0.3) is 5.91 Å². The normalized spacial score (nSPS) is 11.1. The third-order valence-corrected chi connectivity index (χ3v) is 4.50. The first-order chi connectivity index (χ1) is 12.5. The van der Waals surface area contributed by atoms with Crippen LogP contribution in [0, 0.1) is 6.92 Å². The third kappa shape index (κ3) is 2.33. The van der Waals surface area contributed by atoms with E-state index in [1.54, 1.807) is 12.1 Å². The van der Waals surface area contributed by atoms with E-state index < -0.39 is 5.91 Å². The summed E-state index contributed by atoms with van der Waals surface area (Å²) in [5, 5.41) is 10.7. The van der Waals surface area contributed by atoms with Gasteiger partial charge in [0.1, 0.15) is 17.1 Å². The number of aromatic hydroxyl groups is 1. The number of aryl methyl sites for hydroxylation is 1. The highest BCUT2D eigenvalue weighted by Gasteiger charge is 2.23. The zero-order valence-electron chi connectivity index (χ0n) is 13.9. The number of fused-ring (bicyclic) bond motifs is 2. The Kier molecular flexibility index (Phi) is 3.51. The summed E-state index contributed by atoms with van der Waals surface area (Å²) in [5.74, 6) is -0.733. The molecule has 5 nitrogen and oxygen atoms in total. The minimum Gasteiger partial charge on any atom is -0.507 e. The van der Waals surface area contributed by atoms with E-state index in [1.165, 1.54) is 18.2 Å². The highest BCUT2D eigenvalue weighted by molar-refractivity contribution is 6.12. The van der Waals surface area contributed by atoms with Crippen molar-refractivity contribution >= 4 is 16.9 Å². The van der Waals surface area contributed by atoms with Crippen LogP contribution in [-0.4, -0.2) is 11.0 Å². The van der Waals surface area contributed by atoms with Crippen molar-refractivity contribution in [3.8, 4) is 28.2 Å². The number of rotatable bonds is 2. The summed E-state index contributed by atoms with van der Waals surface area (Å²) < 4.78 is 5.84. The van der Waals surface area contributed by atoms with E-state index in [0.29, 0.717) is 11.1 Å². The van der Waals surface area contributed by atoms with Crippen LogP contribution in [0.4, 0.5) is 0 Å². The molecule has 0 unspecified atom stereocenters. The van der Waals surface area contributed by atoms with Crippen molar-refractivity contribution in [3.05, 3.63) is 75.9 Å². The van der Waals surface area contributed by atoms with Gasteiger partial charge in [-0.15, -0.1) is 0 Å². The Morgan fingerprint density at radius 3 is 2.54 bits per heavy atom. The van der Waals surface area contributed by atoms with Crippen LogP contribution in [-0.2, 0) is 0 Å². The minimum absolute atomic E-state index is 0.101. The summed E-state index contributed by atoms with van der Waals surface area (Å²) in [4.78, 5) is 23.7. The van der Waals surface area contributed by atoms with Crippen LogP contribution in [0.15, 0.2) is 63.8 Å². The summed E-state index contributed by atoms with van der Waals surface area (Å²) >= 11 is 0. The molecule has 2 aromatic rings. The molecule has 0 spiro atoms. The lowest BCUT2D eigenvalue weighted by molar-refractivity contribution is 0.0998. The Labute approximate surface area is 148 Å². The molecular weight excluding hydrogens is 330 g/mol. The van der Waals surface area contributed by atoms with Gasteiger partial charge in [-0.1, -0.05) is 24.3 Å². The van der Waals surface area contributed by atoms with Gasteiger partial charge in [-0.05, 0) is 42.3 Å². The second-order valence-electron chi connectivity index (χ2n) is 6.15.